The van der Waals surface area contributed by atoms with Crippen molar-refractivity contribution in [1.29, 1.82) is 0 Å². The molecule has 0 saturated carbocycles. The van der Waals surface area contributed by atoms with Crippen LogP contribution in [0.15, 0.2) is 41.8 Å². The summed E-state index contributed by atoms with van der Waals surface area (Å²) >= 11 is 9.39. The normalized spacial score (nSPS) is 15.5. The quantitative estimate of drug-likeness (QED) is 0.599. The number of halogens is 1. The number of amides is 1. The molecule has 4 rings (SSSR count). The van der Waals surface area contributed by atoms with Crippen LogP contribution in [0.4, 0.5) is 5.13 Å². The summed E-state index contributed by atoms with van der Waals surface area (Å²) in [7, 11) is 0. The number of benzene rings is 1. The predicted molar refractivity (Wildman–Crippen MR) is 120 cm³/mol. The molecule has 1 aliphatic rings. The van der Waals surface area contributed by atoms with E-state index in [1.165, 1.54) is 0 Å². The van der Waals surface area contributed by atoms with E-state index in [1.54, 1.807) is 28.7 Å². The first-order valence-corrected chi connectivity index (χ1v) is 11.3. The predicted octanol–water partition coefficient (Wildman–Crippen LogP) is 3.96. The summed E-state index contributed by atoms with van der Waals surface area (Å²) in [4.78, 5) is 22.4. The Morgan fingerprint density at radius 1 is 1.25 bits per heavy atom. The average Bonchev–Trinajstić information content (AvgIpc) is 3.36. The molecule has 0 bridgehead atoms. The third-order valence-electron chi connectivity index (χ3n) is 4.65. The lowest BCUT2D eigenvalue weighted by atomic mass is 10.3. The monoisotopic (exact) mass is 432 g/mol. The van der Waals surface area contributed by atoms with Crippen molar-refractivity contribution in [3.8, 4) is 0 Å². The van der Waals surface area contributed by atoms with E-state index in [2.05, 4.69) is 15.1 Å². The lowest BCUT2D eigenvalue weighted by Gasteiger charge is -2.34. The highest BCUT2D eigenvalue weighted by Gasteiger charge is 2.19. The second-order valence-corrected chi connectivity index (χ2v) is 9.00. The molecule has 1 N–H and O–H groups in total. The molecular weight excluding hydrogens is 412 g/mol. The van der Waals surface area contributed by atoms with E-state index in [1.807, 2.05) is 41.8 Å². The van der Waals surface area contributed by atoms with Gasteiger partial charge in [0, 0.05) is 55.2 Å². The first-order chi connectivity index (χ1) is 13.7. The molecule has 1 amide bonds. The zero-order valence-electron chi connectivity index (χ0n) is 15.3. The van der Waals surface area contributed by atoms with Crippen LogP contribution in [0.5, 0.6) is 0 Å². The molecular formula is C20H21ClN4OS2. The Hall–Kier alpha value is -1.93. The van der Waals surface area contributed by atoms with Crippen LogP contribution in [0.25, 0.3) is 16.3 Å². The minimum atomic E-state index is -0.0415. The van der Waals surface area contributed by atoms with Gasteiger partial charge in [-0.25, -0.2) is 4.98 Å². The van der Waals surface area contributed by atoms with Gasteiger partial charge in [0.15, 0.2) is 5.13 Å². The van der Waals surface area contributed by atoms with Crippen LogP contribution >= 0.6 is 34.3 Å². The summed E-state index contributed by atoms with van der Waals surface area (Å²) < 4.78 is 1.13. The fourth-order valence-electron chi connectivity index (χ4n) is 3.12. The maximum absolute atomic E-state index is 11.9. The average molecular weight is 433 g/mol. The van der Waals surface area contributed by atoms with Crippen molar-refractivity contribution < 1.29 is 4.79 Å². The van der Waals surface area contributed by atoms with Crippen molar-refractivity contribution in [2.75, 3.05) is 44.2 Å². The summed E-state index contributed by atoms with van der Waals surface area (Å²) in [5.74, 6) is -0.0415. The summed E-state index contributed by atoms with van der Waals surface area (Å²) in [5.41, 5.74) is 1.00. The van der Waals surface area contributed by atoms with Gasteiger partial charge in [-0.3, -0.25) is 9.69 Å². The number of nitrogens with one attached hydrogen (secondary N) is 1. The second kappa shape index (κ2) is 9.05. The number of nitrogens with zero attached hydrogens (tertiary/aromatic N) is 3. The van der Waals surface area contributed by atoms with E-state index in [0.29, 0.717) is 6.54 Å². The highest BCUT2D eigenvalue weighted by molar-refractivity contribution is 7.22. The van der Waals surface area contributed by atoms with Gasteiger partial charge in [0.1, 0.15) is 0 Å². The van der Waals surface area contributed by atoms with Gasteiger partial charge in [0.25, 0.3) is 0 Å². The van der Waals surface area contributed by atoms with Gasteiger partial charge in [-0.05, 0) is 35.7 Å². The molecule has 0 aliphatic carbocycles. The molecule has 1 aromatic carbocycles. The fraction of sp³-hybridized carbons (Fsp3) is 0.300. The van der Waals surface area contributed by atoms with Crippen molar-refractivity contribution in [3.63, 3.8) is 0 Å². The zero-order valence-corrected chi connectivity index (χ0v) is 17.7. The number of anilines is 1. The van der Waals surface area contributed by atoms with Gasteiger partial charge in [-0.1, -0.05) is 29.0 Å². The van der Waals surface area contributed by atoms with Gasteiger partial charge in [-0.15, -0.1) is 11.3 Å². The smallest absolute Gasteiger partial charge is 0.244 e. The van der Waals surface area contributed by atoms with Crippen molar-refractivity contribution in [1.82, 2.24) is 15.2 Å². The number of thiazole rings is 1. The number of thiophene rings is 1. The van der Waals surface area contributed by atoms with Crippen LogP contribution in [0.1, 0.15) is 4.88 Å². The molecule has 5 nitrogen and oxygen atoms in total. The van der Waals surface area contributed by atoms with Gasteiger partial charge >= 0.3 is 0 Å². The number of rotatable bonds is 6. The Bertz CT molecular complexity index is 962. The van der Waals surface area contributed by atoms with Gasteiger partial charge in [0.2, 0.25) is 5.91 Å². The lowest BCUT2D eigenvalue weighted by Crippen LogP contribution is -2.48. The van der Waals surface area contributed by atoms with Crippen molar-refractivity contribution in [2.45, 2.75) is 0 Å². The Morgan fingerprint density at radius 3 is 2.89 bits per heavy atom. The number of carbonyl (C=O) groups is 1. The largest absolute Gasteiger partial charge is 0.351 e. The molecule has 1 fully saturated rings. The van der Waals surface area contributed by atoms with Gasteiger partial charge in [0.05, 0.1) is 10.2 Å². The lowest BCUT2D eigenvalue weighted by molar-refractivity contribution is -0.116. The SMILES string of the molecule is O=C(/C=C/c1cccs1)NCCN1CCN(c2nc3ccc(Cl)cc3s2)CC1. The van der Waals surface area contributed by atoms with E-state index >= 15 is 0 Å². The molecule has 0 atom stereocenters. The number of aromatic nitrogens is 1. The molecule has 2 aromatic heterocycles. The Labute approximate surface area is 177 Å². The van der Waals surface area contributed by atoms with Crippen LogP contribution in [-0.2, 0) is 4.79 Å². The first-order valence-electron chi connectivity index (χ1n) is 9.20. The molecule has 0 unspecified atom stereocenters. The third-order valence-corrected chi connectivity index (χ3v) is 6.80. The highest BCUT2D eigenvalue weighted by atomic mass is 35.5. The summed E-state index contributed by atoms with van der Waals surface area (Å²) in [6.07, 6.45) is 3.45. The Kier molecular flexibility index (Phi) is 6.26. The van der Waals surface area contributed by atoms with Crippen LogP contribution in [0, 0.1) is 0 Å². The van der Waals surface area contributed by atoms with Crippen LogP contribution in [-0.4, -0.2) is 55.1 Å². The molecule has 1 saturated heterocycles. The molecule has 146 valence electrons. The Morgan fingerprint density at radius 2 is 2.11 bits per heavy atom. The Balaban J connectivity index is 1.21. The number of hydrogen-bond acceptors (Lipinski definition) is 6. The zero-order chi connectivity index (χ0) is 19.3. The molecule has 3 aromatic rings. The maximum atomic E-state index is 11.9. The summed E-state index contributed by atoms with van der Waals surface area (Å²) in [5, 5.41) is 6.77. The second-order valence-electron chi connectivity index (χ2n) is 6.58. The van der Waals surface area contributed by atoms with E-state index in [0.717, 1.165) is 58.0 Å². The third kappa shape index (κ3) is 4.91. The van der Waals surface area contributed by atoms with Crippen LogP contribution < -0.4 is 10.2 Å². The van der Waals surface area contributed by atoms with E-state index in [9.17, 15) is 4.79 Å². The van der Waals surface area contributed by atoms with E-state index < -0.39 is 0 Å². The standard InChI is InChI=1S/C20H21ClN4OS2/c21-15-3-5-17-18(14-15)28-20(23-17)25-11-9-24(10-12-25)8-7-22-19(26)6-4-16-2-1-13-27-16/h1-6,13-14H,7-12H2,(H,22,26)/b6-4+. The van der Waals surface area contributed by atoms with Crippen LogP contribution in [0.3, 0.4) is 0 Å². The number of piperazine rings is 1. The van der Waals surface area contributed by atoms with Crippen molar-refractivity contribution in [3.05, 3.63) is 51.7 Å². The molecule has 0 spiro atoms. The number of fused-ring (bicyclic) bond motifs is 1. The fourth-order valence-corrected chi connectivity index (χ4v) is 5.04. The summed E-state index contributed by atoms with van der Waals surface area (Å²) in [6, 6.07) is 9.81. The van der Waals surface area contributed by atoms with Crippen molar-refractivity contribution >= 4 is 61.6 Å². The topological polar surface area (TPSA) is 48.5 Å². The molecule has 8 heteroatoms. The van der Waals surface area contributed by atoms with Gasteiger partial charge < -0.3 is 10.2 Å². The molecule has 0 radical (unpaired) electrons. The van der Waals surface area contributed by atoms with Gasteiger partial charge in [-0.2, -0.15) is 0 Å². The maximum Gasteiger partial charge on any atom is 0.244 e. The highest BCUT2D eigenvalue weighted by Crippen LogP contribution is 2.31. The molecule has 28 heavy (non-hydrogen) atoms. The summed E-state index contributed by atoms with van der Waals surface area (Å²) in [6.45, 7) is 5.35. The number of carbonyl (C=O) groups excluding carboxylic acids is 1. The molecule has 3 heterocycles. The minimum absolute atomic E-state index is 0.0415. The minimum Gasteiger partial charge on any atom is -0.351 e. The first kappa shape index (κ1) is 19.4. The van der Waals surface area contributed by atoms with E-state index in [-0.39, 0.29) is 5.91 Å². The van der Waals surface area contributed by atoms with Crippen molar-refractivity contribution in [2.24, 2.45) is 0 Å². The van der Waals surface area contributed by atoms with Crippen LogP contribution in [0.2, 0.25) is 5.02 Å². The van der Waals surface area contributed by atoms with E-state index in [4.69, 9.17) is 16.6 Å². The molecule has 1 aliphatic heterocycles. The number of hydrogen-bond donors (Lipinski definition) is 1.